The summed E-state index contributed by atoms with van der Waals surface area (Å²) in [6.45, 7) is 5.74. The average molecular weight is 336 g/mol. The number of aromatic nitrogens is 1. The summed E-state index contributed by atoms with van der Waals surface area (Å²) in [7, 11) is -1.29. The molecule has 24 heavy (non-hydrogen) atoms. The normalized spacial score (nSPS) is 13.5. The van der Waals surface area contributed by atoms with E-state index in [4.69, 9.17) is 4.98 Å². The predicted octanol–water partition coefficient (Wildman–Crippen LogP) is 4.78. The Kier molecular flexibility index (Phi) is 4.58. The lowest BCUT2D eigenvalue weighted by Crippen LogP contribution is -2.19. The highest BCUT2D eigenvalue weighted by atomic mass is 32.2. The van der Waals surface area contributed by atoms with E-state index in [-0.39, 0.29) is 4.75 Å². The Morgan fingerprint density at radius 3 is 2.38 bits per heavy atom. The summed E-state index contributed by atoms with van der Waals surface area (Å²) >= 11 is 0. The lowest BCUT2D eigenvalue weighted by atomic mass is 10.0. The van der Waals surface area contributed by atoms with Crippen molar-refractivity contribution < 1.29 is 4.21 Å². The fourth-order valence-electron chi connectivity index (χ4n) is 2.32. The molecule has 0 fully saturated rings. The fourth-order valence-corrected chi connectivity index (χ4v) is 2.85. The Morgan fingerprint density at radius 1 is 1.00 bits per heavy atom. The van der Waals surface area contributed by atoms with Gasteiger partial charge in [-0.15, -0.1) is 0 Å². The van der Waals surface area contributed by atoms with Gasteiger partial charge in [-0.05, 0) is 32.9 Å². The van der Waals surface area contributed by atoms with Crippen LogP contribution in [0.1, 0.15) is 26.3 Å². The van der Waals surface area contributed by atoms with Crippen molar-refractivity contribution in [3.8, 4) is 11.3 Å². The monoisotopic (exact) mass is 336 g/mol. The molecule has 1 aromatic heterocycles. The summed E-state index contributed by atoms with van der Waals surface area (Å²) in [4.78, 5) is 4.80. The van der Waals surface area contributed by atoms with Crippen molar-refractivity contribution in [1.82, 2.24) is 4.98 Å². The highest BCUT2D eigenvalue weighted by Gasteiger charge is 2.18. The average Bonchev–Trinajstić information content (AvgIpc) is 2.58. The van der Waals surface area contributed by atoms with Gasteiger partial charge < -0.3 is 0 Å². The summed E-state index contributed by atoms with van der Waals surface area (Å²) in [6.07, 6.45) is 1.68. The highest BCUT2D eigenvalue weighted by molar-refractivity contribution is 7.85. The lowest BCUT2D eigenvalue weighted by molar-refractivity contribution is 0.651. The molecule has 1 heterocycles. The molecule has 0 spiro atoms. The fraction of sp³-hybridized carbons (Fsp3) is 0.200. The zero-order valence-electron chi connectivity index (χ0n) is 14.1. The number of fused-ring (bicyclic) bond motifs is 1. The minimum Gasteiger partial charge on any atom is -0.247 e. The Labute approximate surface area is 145 Å². The number of hydrogen-bond acceptors (Lipinski definition) is 2. The maximum Gasteiger partial charge on any atom is 0.144 e. The summed E-state index contributed by atoms with van der Waals surface area (Å²) in [6, 6.07) is 20.0. The molecule has 0 saturated carbocycles. The molecular formula is C20H20N2OS. The van der Waals surface area contributed by atoms with Gasteiger partial charge in [-0.1, -0.05) is 48.5 Å². The Balaban J connectivity index is 2.14. The first-order valence-electron chi connectivity index (χ1n) is 7.86. The molecule has 3 aromatic rings. The standard InChI is InChI=1S/C20H20N2OS/c1-20(2,3)24(23)21-14-17-13-16-11-7-8-12-18(16)22-19(17)15-9-5-4-6-10-15/h4-14H,1-3H3/t24-/m1/s1. The van der Waals surface area contributed by atoms with Crippen LogP contribution in [-0.4, -0.2) is 20.2 Å². The van der Waals surface area contributed by atoms with Gasteiger partial charge in [-0.3, -0.25) is 0 Å². The Hall–Kier alpha value is -2.33. The molecule has 3 rings (SSSR count). The van der Waals surface area contributed by atoms with E-state index in [9.17, 15) is 4.21 Å². The van der Waals surface area contributed by atoms with Crippen LogP contribution in [-0.2, 0) is 11.0 Å². The van der Waals surface area contributed by atoms with Crippen molar-refractivity contribution in [3.63, 3.8) is 0 Å². The van der Waals surface area contributed by atoms with Crippen LogP contribution in [0, 0.1) is 0 Å². The van der Waals surface area contributed by atoms with E-state index in [1.54, 1.807) is 6.21 Å². The first-order chi connectivity index (χ1) is 11.4. The second-order valence-corrected chi connectivity index (χ2v) is 8.51. The zero-order chi connectivity index (χ0) is 17.2. The van der Waals surface area contributed by atoms with Crippen molar-refractivity contribution >= 4 is 28.1 Å². The number of nitrogens with zero attached hydrogens (tertiary/aromatic N) is 2. The van der Waals surface area contributed by atoms with E-state index in [0.717, 1.165) is 27.7 Å². The first-order valence-corrected chi connectivity index (χ1v) is 8.97. The summed E-state index contributed by atoms with van der Waals surface area (Å²) in [5.41, 5.74) is 3.68. The van der Waals surface area contributed by atoms with Gasteiger partial charge in [0, 0.05) is 22.7 Å². The van der Waals surface area contributed by atoms with Crippen LogP contribution in [0.3, 0.4) is 0 Å². The molecular weight excluding hydrogens is 316 g/mol. The van der Waals surface area contributed by atoms with Crippen LogP contribution >= 0.6 is 0 Å². The molecule has 0 aliphatic carbocycles. The number of para-hydroxylation sites is 1. The lowest BCUT2D eigenvalue weighted by Gasteiger charge is -2.13. The number of hydrogen-bond donors (Lipinski definition) is 0. The molecule has 2 aromatic carbocycles. The number of rotatable bonds is 3. The summed E-state index contributed by atoms with van der Waals surface area (Å²) in [5, 5.41) is 1.04. The smallest absolute Gasteiger partial charge is 0.144 e. The Bertz CT molecular complexity index is 912. The molecule has 0 amide bonds. The van der Waals surface area contributed by atoms with Gasteiger partial charge in [0.2, 0.25) is 0 Å². The molecule has 0 bridgehead atoms. The van der Waals surface area contributed by atoms with Gasteiger partial charge >= 0.3 is 0 Å². The van der Waals surface area contributed by atoms with E-state index in [0.29, 0.717) is 0 Å². The van der Waals surface area contributed by atoms with Crippen LogP contribution in [0.4, 0.5) is 0 Å². The molecule has 0 unspecified atom stereocenters. The summed E-state index contributed by atoms with van der Waals surface area (Å²) in [5.74, 6) is 0. The van der Waals surface area contributed by atoms with Crippen LogP contribution in [0.15, 0.2) is 65.1 Å². The molecule has 0 aliphatic rings. The van der Waals surface area contributed by atoms with Crippen molar-refractivity contribution in [2.75, 3.05) is 0 Å². The van der Waals surface area contributed by atoms with Crippen molar-refractivity contribution in [3.05, 3.63) is 66.2 Å². The third-order valence-corrected chi connectivity index (χ3v) is 4.96. The summed E-state index contributed by atoms with van der Waals surface area (Å²) < 4.78 is 16.1. The molecule has 4 heteroatoms. The maximum absolute atomic E-state index is 12.2. The third kappa shape index (κ3) is 3.60. The molecule has 0 saturated heterocycles. The van der Waals surface area contributed by atoms with Gasteiger partial charge in [0.25, 0.3) is 0 Å². The van der Waals surface area contributed by atoms with E-state index < -0.39 is 11.0 Å². The second-order valence-electron chi connectivity index (χ2n) is 6.58. The van der Waals surface area contributed by atoms with E-state index in [2.05, 4.69) is 4.40 Å². The minimum absolute atomic E-state index is 0.381. The molecule has 0 radical (unpaired) electrons. The van der Waals surface area contributed by atoms with Gasteiger partial charge in [-0.25, -0.2) is 9.19 Å². The van der Waals surface area contributed by atoms with Crippen LogP contribution in [0.5, 0.6) is 0 Å². The third-order valence-electron chi connectivity index (χ3n) is 3.61. The minimum atomic E-state index is -1.29. The SMILES string of the molecule is CC(C)(C)[S@@](=O)N=Cc1cc2ccccc2nc1-c1ccccc1. The molecule has 1 atom stereocenters. The van der Waals surface area contributed by atoms with Crippen molar-refractivity contribution in [2.24, 2.45) is 4.40 Å². The molecule has 0 N–H and O–H groups in total. The molecule has 3 nitrogen and oxygen atoms in total. The zero-order valence-corrected chi connectivity index (χ0v) is 14.9. The predicted molar refractivity (Wildman–Crippen MR) is 103 cm³/mol. The van der Waals surface area contributed by atoms with Crippen LogP contribution < -0.4 is 0 Å². The van der Waals surface area contributed by atoms with Crippen molar-refractivity contribution in [2.45, 2.75) is 25.5 Å². The van der Waals surface area contributed by atoms with Gasteiger partial charge in [0.15, 0.2) is 0 Å². The maximum atomic E-state index is 12.2. The van der Waals surface area contributed by atoms with Gasteiger partial charge in [0.05, 0.1) is 16.0 Å². The van der Waals surface area contributed by atoms with Crippen molar-refractivity contribution in [1.29, 1.82) is 0 Å². The van der Waals surface area contributed by atoms with E-state index >= 15 is 0 Å². The number of benzene rings is 2. The van der Waals surface area contributed by atoms with E-state index in [1.165, 1.54) is 0 Å². The molecule has 0 aliphatic heterocycles. The van der Waals surface area contributed by atoms with Gasteiger partial charge in [-0.2, -0.15) is 4.40 Å². The highest BCUT2D eigenvalue weighted by Crippen LogP contribution is 2.25. The van der Waals surface area contributed by atoms with Gasteiger partial charge in [0.1, 0.15) is 11.0 Å². The second kappa shape index (κ2) is 6.65. The quantitative estimate of drug-likeness (QED) is 0.646. The largest absolute Gasteiger partial charge is 0.247 e. The Morgan fingerprint density at radius 2 is 1.67 bits per heavy atom. The number of pyridine rings is 1. The first kappa shape index (κ1) is 16.5. The van der Waals surface area contributed by atoms with E-state index in [1.807, 2.05) is 81.4 Å². The van der Waals surface area contributed by atoms with Crippen LogP contribution in [0.2, 0.25) is 0 Å². The van der Waals surface area contributed by atoms with Crippen LogP contribution in [0.25, 0.3) is 22.2 Å². The molecule has 122 valence electrons. The topological polar surface area (TPSA) is 42.3 Å².